The maximum Gasteiger partial charge on any atom is 0.251 e. The predicted molar refractivity (Wildman–Crippen MR) is 102 cm³/mol. The van der Waals surface area contributed by atoms with Crippen LogP contribution in [0.5, 0.6) is 0 Å². The number of carbonyl (C=O) groups is 2. The number of ether oxygens (including phenoxy) is 2. The molecule has 8 nitrogen and oxygen atoms in total. The van der Waals surface area contributed by atoms with Crippen LogP contribution in [0.1, 0.15) is 42.5 Å². The average molecular weight is 391 g/mol. The van der Waals surface area contributed by atoms with Gasteiger partial charge in [-0.25, -0.2) is 0 Å². The van der Waals surface area contributed by atoms with Crippen LogP contribution in [0.15, 0.2) is 24.5 Å². The number of nitrogens with zero attached hydrogens (tertiary/aromatic N) is 1. The second-order valence-electron chi connectivity index (χ2n) is 7.34. The minimum atomic E-state index is -0.448. The van der Waals surface area contributed by atoms with E-state index < -0.39 is 6.10 Å². The van der Waals surface area contributed by atoms with Crippen molar-refractivity contribution in [3.05, 3.63) is 30.1 Å². The summed E-state index contributed by atoms with van der Waals surface area (Å²) in [4.78, 5) is 28.4. The number of aliphatic hydroxyl groups excluding tert-OH is 1. The largest absolute Gasteiger partial charge is 0.394 e. The minimum absolute atomic E-state index is 0.0405. The highest BCUT2D eigenvalue weighted by molar-refractivity contribution is 5.94. The summed E-state index contributed by atoms with van der Waals surface area (Å²) >= 11 is 0. The quantitative estimate of drug-likeness (QED) is 0.630. The molecule has 3 atom stereocenters. The summed E-state index contributed by atoms with van der Waals surface area (Å²) in [5.74, 6) is -0.0732. The third-order valence-corrected chi connectivity index (χ3v) is 5.41. The molecule has 8 heteroatoms. The van der Waals surface area contributed by atoms with Crippen LogP contribution in [0.25, 0.3) is 0 Å². The lowest BCUT2D eigenvalue weighted by Crippen LogP contribution is -2.51. The van der Waals surface area contributed by atoms with Crippen molar-refractivity contribution in [2.24, 2.45) is 5.92 Å². The molecule has 3 heterocycles. The zero-order valence-electron chi connectivity index (χ0n) is 16.0. The summed E-state index contributed by atoms with van der Waals surface area (Å²) in [5, 5.41) is 15.6. The molecule has 3 N–H and O–H groups in total. The highest BCUT2D eigenvalue weighted by Crippen LogP contribution is 2.22. The molecule has 0 radical (unpaired) electrons. The zero-order chi connectivity index (χ0) is 19.8. The van der Waals surface area contributed by atoms with E-state index in [1.165, 1.54) is 0 Å². The van der Waals surface area contributed by atoms with Crippen molar-refractivity contribution in [3.63, 3.8) is 0 Å². The van der Waals surface area contributed by atoms with E-state index in [2.05, 4.69) is 15.6 Å². The molecule has 0 aliphatic carbocycles. The molecule has 2 fully saturated rings. The Hall–Kier alpha value is -2.03. The third kappa shape index (κ3) is 5.73. The second-order valence-corrected chi connectivity index (χ2v) is 7.34. The molecule has 2 amide bonds. The van der Waals surface area contributed by atoms with Crippen LogP contribution < -0.4 is 10.6 Å². The zero-order valence-corrected chi connectivity index (χ0v) is 16.0. The normalized spacial score (nSPS) is 25.8. The van der Waals surface area contributed by atoms with E-state index in [0.717, 1.165) is 25.7 Å². The van der Waals surface area contributed by atoms with Gasteiger partial charge in [0, 0.05) is 43.6 Å². The van der Waals surface area contributed by atoms with Gasteiger partial charge in [-0.1, -0.05) is 0 Å². The van der Waals surface area contributed by atoms with Crippen molar-refractivity contribution in [2.45, 2.75) is 50.4 Å². The lowest BCUT2D eigenvalue weighted by molar-refractivity contribution is -0.128. The van der Waals surface area contributed by atoms with Crippen molar-refractivity contribution in [2.75, 3.05) is 26.4 Å². The van der Waals surface area contributed by atoms with Crippen molar-refractivity contribution < 1.29 is 24.2 Å². The van der Waals surface area contributed by atoms with E-state index in [1.54, 1.807) is 24.5 Å². The lowest BCUT2D eigenvalue weighted by Gasteiger charge is -2.36. The fourth-order valence-corrected chi connectivity index (χ4v) is 3.72. The maximum absolute atomic E-state index is 12.3. The number of nitrogens with one attached hydrogen (secondary N) is 2. The van der Waals surface area contributed by atoms with Crippen molar-refractivity contribution >= 4 is 11.8 Å². The molecule has 1 aromatic rings. The van der Waals surface area contributed by atoms with E-state index in [4.69, 9.17) is 9.47 Å². The molecule has 0 unspecified atom stereocenters. The first-order valence-corrected chi connectivity index (χ1v) is 10.00. The molecule has 154 valence electrons. The first-order chi connectivity index (χ1) is 13.7. The highest BCUT2D eigenvalue weighted by Gasteiger charge is 2.32. The Morgan fingerprint density at radius 2 is 1.89 bits per heavy atom. The fraction of sp³-hybridized carbons (Fsp3) is 0.650. The summed E-state index contributed by atoms with van der Waals surface area (Å²) < 4.78 is 11.2. The number of hydrogen-bond acceptors (Lipinski definition) is 6. The van der Waals surface area contributed by atoms with Gasteiger partial charge in [0.25, 0.3) is 5.91 Å². The van der Waals surface area contributed by atoms with Gasteiger partial charge in [-0.3, -0.25) is 14.6 Å². The van der Waals surface area contributed by atoms with Gasteiger partial charge in [0.05, 0.1) is 18.8 Å². The van der Waals surface area contributed by atoms with Crippen LogP contribution in [0.2, 0.25) is 0 Å². The van der Waals surface area contributed by atoms with Gasteiger partial charge in [0.15, 0.2) is 0 Å². The number of pyridine rings is 1. The molecule has 0 bridgehead atoms. The van der Waals surface area contributed by atoms with Crippen LogP contribution in [0.3, 0.4) is 0 Å². The van der Waals surface area contributed by atoms with Gasteiger partial charge in [0.1, 0.15) is 6.10 Å². The Bertz CT molecular complexity index is 636. The first kappa shape index (κ1) is 20.7. The van der Waals surface area contributed by atoms with E-state index in [0.29, 0.717) is 31.7 Å². The highest BCUT2D eigenvalue weighted by atomic mass is 16.5. The molecule has 2 aliphatic heterocycles. The Morgan fingerprint density at radius 1 is 1.14 bits per heavy atom. The van der Waals surface area contributed by atoms with Gasteiger partial charge < -0.3 is 25.2 Å². The number of aromatic nitrogens is 1. The monoisotopic (exact) mass is 391 g/mol. The van der Waals surface area contributed by atoms with Gasteiger partial charge >= 0.3 is 0 Å². The van der Waals surface area contributed by atoms with Crippen LogP contribution in [0, 0.1) is 5.92 Å². The summed E-state index contributed by atoms with van der Waals surface area (Å²) in [6.07, 6.45) is 6.38. The molecule has 2 saturated heterocycles. The van der Waals surface area contributed by atoms with Gasteiger partial charge in [-0.2, -0.15) is 0 Å². The van der Waals surface area contributed by atoms with Gasteiger partial charge in [-0.15, -0.1) is 0 Å². The SMILES string of the molecule is O=C(N[C@@H]1CC[C@@H](CCNC(=O)C2CCOCC2)O[C@H]1CO)c1ccncc1. The number of carbonyl (C=O) groups excluding carboxylic acids is 2. The molecule has 3 rings (SSSR count). The van der Waals surface area contributed by atoms with Gasteiger partial charge in [0.2, 0.25) is 5.91 Å². The van der Waals surface area contributed by atoms with E-state index >= 15 is 0 Å². The van der Waals surface area contributed by atoms with Crippen LogP contribution in [-0.2, 0) is 14.3 Å². The number of rotatable bonds is 7. The standard InChI is InChI=1S/C20H29N3O5/c24-13-18-17(23-20(26)14-3-8-21-9-4-14)2-1-16(28-18)5-10-22-19(25)15-6-11-27-12-7-15/h3-4,8-9,15-18,24H,1-2,5-7,10-13H2,(H,22,25)(H,23,26)/t16-,17+,18-/m0/s1. The van der Waals surface area contributed by atoms with Crippen molar-refractivity contribution in [3.8, 4) is 0 Å². The summed E-state index contributed by atoms with van der Waals surface area (Å²) in [7, 11) is 0. The maximum atomic E-state index is 12.3. The molecule has 1 aromatic heterocycles. The Balaban J connectivity index is 1.41. The lowest BCUT2D eigenvalue weighted by atomic mass is 9.96. The topological polar surface area (TPSA) is 110 Å². The van der Waals surface area contributed by atoms with E-state index in [1.807, 2.05) is 0 Å². The average Bonchev–Trinajstić information content (AvgIpc) is 2.75. The number of hydrogen-bond donors (Lipinski definition) is 3. The summed E-state index contributed by atoms with van der Waals surface area (Å²) in [5.41, 5.74) is 0.532. The summed E-state index contributed by atoms with van der Waals surface area (Å²) in [6, 6.07) is 3.06. The van der Waals surface area contributed by atoms with Crippen LogP contribution in [-0.4, -0.2) is 66.5 Å². The molecule has 2 aliphatic rings. The molecular formula is C20H29N3O5. The molecule has 28 heavy (non-hydrogen) atoms. The van der Waals surface area contributed by atoms with Crippen molar-refractivity contribution in [1.29, 1.82) is 0 Å². The van der Waals surface area contributed by atoms with Crippen LogP contribution in [0.4, 0.5) is 0 Å². The second kappa shape index (κ2) is 10.5. The molecule has 0 saturated carbocycles. The number of amides is 2. The Kier molecular flexibility index (Phi) is 7.76. The van der Waals surface area contributed by atoms with Crippen LogP contribution >= 0.6 is 0 Å². The summed E-state index contributed by atoms with van der Waals surface area (Å²) in [6.45, 7) is 1.68. The Morgan fingerprint density at radius 3 is 2.61 bits per heavy atom. The fourth-order valence-electron chi connectivity index (χ4n) is 3.72. The number of aliphatic hydroxyl groups is 1. The molecule has 0 aromatic carbocycles. The van der Waals surface area contributed by atoms with Crippen molar-refractivity contribution in [1.82, 2.24) is 15.6 Å². The van der Waals surface area contributed by atoms with E-state index in [9.17, 15) is 14.7 Å². The smallest absolute Gasteiger partial charge is 0.251 e. The van der Waals surface area contributed by atoms with E-state index in [-0.39, 0.29) is 36.5 Å². The van der Waals surface area contributed by atoms with Gasteiger partial charge in [-0.05, 0) is 44.2 Å². The Labute approximate surface area is 165 Å². The molecular weight excluding hydrogens is 362 g/mol. The predicted octanol–water partition coefficient (Wildman–Crippen LogP) is 0.653. The third-order valence-electron chi connectivity index (χ3n) is 5.41. The first-order valence-electron chi connectivity index (χ1n) is 10.00. The minimum Gasteiger partial charge on any atom is -0.394 e. The molecule has 0 spiro atoms.